The zero-order chi connectivity index (χ0) is 13.9. The number of hydrogen-bond donors (Lipinski definition) is 1. The normalized spacial score (nSPS) is 17.5. The maximum absolute atomic E-state index is 6.43. The molecule has 1 aliphatic rings. The molecule has 20 heavy (non-hydrogen) atoms. The van der Waals surface area contributed by atoms with Gasteiger partial charge in [0.2, 0.25) is 0 Å². The Morgan fingerprint density at radius 2 is 1.70 bits per heavy atom. The van der Waals surface area contributed by atoms with Gasteiger partial charge >= 0.3 is 0 Å². The smallest absolute Gasteiger partial charge is 0.120 e. The highest BCUT2D eigenvalue weighted by atomic mass is 16.5. The molecule has 104 valence electrons. The van der Waals surface area contributed by atoms with Gasteiger partial charge in [0.1, 0.15) is 5.75 Å². The van der Waals surface area contributed by atoms with Crippen LogP contribution in [0.5, 0.6) is 5.75 Å². The Hall–Kier alpha value is -1.80. The standard InChI is InChI=1S/C18H21NO/c1-13(14-6-3-2-4-7-14)18(19)15-8-5-9-17(12-15)20-16-10-11-16/h2-9,12-13,16,18H,10-11,19H2,1H3. The number of benzene rings is 2. The fraction of sp³-hybridized carbons (Fsp3) is 0.333. The highest BCUT2D eigenvalue weighted by molar-refractivity contribution is 5.33. The lowest BCUT2D eigenvalue weighted by Gasteiger charge is -2.21. The van der Waals surface area contributed by atoms with E-state index in [-0.39, 0.29) is 12.0 Å². The first-order valence-electron chi connectivity index (χ1n) is 7.31. The number of nitrogens with two attached hydrogens (primary N) is 1. The van der Waals surface area contributed by atoms with Crippen LogP contribution in [-0.2, 0) is 0 Å². The Morgan fingerprint density at radius 1 is 1.00 bits per heavy atom. The van der Waals surface area contributed by atoms with Crippen LogP contribution >= 0.6 is 0 Å². The summed E-state index contributed by atoms with van der Waals surface area (Å²) in [5, 5.41) is 0. The van der Waals surface area contributed by atoms with Gasteiger partial charge in [0.25, 0.3) is 0 Å². The molecule has 3 rings (SSSR count). The van der Waals surface area contributed by atoms with Crippen LogP contribution in [0.3, 0.4) is 0 Å². The maximum atomic E-state index is 6.43. The average Bonchev–Trinajstić information content (AvgIpc) is 3.31. The second kappa shape index (κ2) is 5.68. The van der Waals surface area contributed by atoms with Crippen LogP contribution in [-0.4, -0.2) is 6.10 Å². The van der Waals surface area contributed by atoms with Crippen LogP contribution in [0, 0.1) is 0 Å². The van der Waals surface area contributed by atoms with E-state index in [9.17, 15) is 0 Å². The Balaban J connectivity index is 1.77. The lowest BCUT2D eigenvalue weighted by molar-refractivity contribution is 0.302. The van der Waals surface area contributed by atoms with E-state index in [4.69, 9.17) is 10.5 Å². The van der Waals surface area contributed by atoms with E-state index >= 15 is 0 Å². The van der Waals surface area contributed by atoms with Crippen molar-refractivity contribution in [3.63, 3.8) is 0 Å². The summed E-state index contributed by atoms with van der Waals surface area (Å²) in [4.78, 5) is 0. The molecule has 0 saturated heterocycles. The first kappa shape index (κ1) is 13.2. The SMILES string of the molecule is CC(c1ccccc1)C(N)c1cccc(OC2CC2)c1. The Bertz CT molecular complexity index is 563. The summed E-state index contributed by atoms with van der Waals surface area (Å²) >= 11 is 0. The number of hydrogen-bond acceptors (Lipinski definition) is 2. The van der Waals surface area contributed by atoms with E-state index in [2.05, 4.69) is 43.3 Å². The van der Waals surface area contributed by atoms with Gasteiger partial charge in [0.05, 0.1) is 6.10 Å². The van der Waals surface area contributed by atoms with E-state index in [1.165, 1.54) is 18.4 Å². The third-order valence-corrected chi connectivity index (χ3v) is 3.93. The van der Waals surface area contributed by atoms with Gasteiger partial charge in [-0.2, -0.15) is 0 Å². The molecule has 2 N–H and O–H groups in total. The second-order valence-corrected chi connectivity index (χ2v) is 5.61. The van der Waals surface area contributed by atoms with Crippen LogP contribution in [0.25, 0.3) is 0 Å². The molecular formula is C18H21NO. The minimum absolute atomic E-state index is 0.0137. The number of rotatable bonds is 5. The fourth-order valence-corrected chi connectivity index (χ4v) is 2.43. The van der Waals surface area contributed by atoms with Crippen molar-refractivity contribution in [3.8, 4) is 5.75 Å². The quantitative estimate of drug-likeness (QED) is 0.887. The van der Waals surface area contributed by atoms with Crippen molar-refractivity contribution < 1.29 is 4.74 Å². The van der Waals surface area contributed by atoms with Gasteiger partial charge in [-0.05, 0) is 36.1 Å². The zero-order valence-corrected chi connectivity index (χ0v) is 11.8. The Morgan fingerprint density at radius 3 is 2.40 bits per heavy atom. The van der Waals surface area contributed by atoms with E-state index < -0.39 is 0 Å². The third kappa shape index (κ3) is 3.02. The highest BCUT2D eigenvalue weighted by Crippen LogP contribution is 2.32. The summed E-state index contributed by atoms with van der Waals surface area (Å²) in [7, 11) is 0. The minimum atomic E-state index is -0.0137. The van der Waals surface area contributed by atoms with Gasteiger partial charge < -0.3 is 10.5 Å². The van der Waals surface area contributed by atoms with E-state index in [1.54, 1.807) is 0 Å². The second-order valence-electron chi connectivity index (χ2n) is 5.61. The van der Waals surface area contributed by atoms with Gasteiger partial charge in [0.15, 0.2) is 0 Å². The van der Waals surface area contributed by atoms with E-state index in [0.717, 1.165) is 11.3 Å². The molecular weight excluding hydrogens is 246 g/mol. The molecule has 0 aliphatic heterocycles. The molecule has 1 aliphatic carbocycles. The molecule has 0 amide bonds. The van der Waals surface area contributed by atoms with Crippen molar-refractivity contribution >= 4 is 0 Å². The van der Waals surface area contributed by atoms with Gasteiger partial charge in [-0.15, -0.1) is 0 Å². The summed E-state index contributed by atoms with van der Waals surface area (Å²) in [5.74, 6) is 1.23. The van der Waals surface area contributed by atoms with Gasteiger partial charge in [-0.3, -0.25) is 0 Å². The molecule has 2 heteroatoms. The largest absolute Gasteiger partial charge is 0.490 e. The molecule has 2 aromatic carbocycles. The first-order chi connectivity index (χ1) is 9.74. The van der Waals surface area contributed by atoms with Crippen molar-refractivity contribution in [1.82, 2.24) is 0 Å². The van der Waals surface area contributed by atoms with Crippen molar-refractivity contribution in [2.75, 3.05) is 0 Å². The Labute approximate surface area is 120 Å². The highest BCUT2D eigenvalue weighted by Gasteiger charge is 2.24. The summed E-state index contributed by atoms with van der Waals surface area (Å²) < 4.78 is 5.85. The molecule has 0 heterocycles. The summed E-state index contributed by atoms with van der Waals surface area (Å²) in [5.41, 5.74) is 8.84. The molecule has 2 unspecified atom stereocenters. The first-order valence-corrected chi connectivity index (χ1v) is 7.31. The third-order valence-electron chi connectivity index (χ3n) is 3.93. The Kier molecular flexibility index (Phi) is 3.75. The molecule has 0 spiro atoms. The fourth-order valence-electron chi connectivity index (χ4n) is 2.43. The molecule has 2 nitrogen and oxygen atoms in total. The van der Waals surface area contributed by atoms with Gasteiger partial charge in [-0.25, -0.2) is 0 Å². The summed E-state index contributed by atoms with van der Waals surface area (Å²) in [6.07, 6.45) is 2.78. The molecule has 1 saturated carbocycles. The molecule has 0 aromatic heterocycles. The van der Waals surface area contributed by atoms with Crippen LogP contribution in [0.4, 0.5) is 0 Å². The molecule has 0 radical (unpaired) electrons. The number of ether oxygens (including phenoxy) is 1. The van der Waals surface area contributed by atoms with Crippen molar-refractivity contribution in [3.05, 3.63) is 65.7 Å². The molecule has 2 aromatic rings. The van der Waals surface area contributed by atoms with E-state index in [0.29, 0.717) is 6.10 Å². The lowest BCUT2D eigenvalue weighted by Crippen LogP contribution is -2.17. The van der Waals surface area contributed by atoms with Crippen molar-refractivity contribution in [2.45, 2.75) is 37.8 Å². The summed E-state index contributed by atoms with van der Waals surface area (Å²) in [6, 6.07) is 18.6. The zero-order valence-electron chi connectivity index (χ0n) is 11.8. The van der Waals surface area contributed by atoms with E-state index in [1.807, 2.05) is 18.2 Å². The lowest BCUT2D eigenvalue weighted by atomic mass is 9.89. The predicted molar refractivity (Wildman–Crippen MR) is 81.9 cm³/mol. The summed E-state index contributed by atoms with van der Waals surface area (Å²) in [6.45, 7) is 2.18. The van der Waals surface area contributed by atoms with Crippen molar-refractivity contribution in [2.24, 2.45) is 5.73 Å². The van der Waals surface area contributed by atoms with Crippen LogP contribution in [0.2, 0.25) is 0 Å². The molecule has 1 fully saturated rings. The van der Waals surface area contributed by atoms with Crippen LogP contribution in [0.1, 0.15) is 42.9 Å². The topological polar surface area (TPSA) is 35.2 Å². The predicted octanol–water partition coefficient (Wildman–Crippen LogP) is 4.03. The monoisotopic (exact) mass is 267 g/mol. The van der Waals surface area contributed by atoms with Crippen LogP contribution < -0.4 is 10.5 Å². The van der Waals surface area contributed by atoms with Gasteiger partial charge in [-0.1, -0.05) is 49.4 Å². The minimum Gasteiger partial charge on any atom is -0.490 e. The molecule has 0 bridgehead atoms. The maximum Gasteiger partial charge on any atom is 0.120 e. The molecule has 2 atom stereocenters. The average molecular weight is 267 g/mol. The van der Waals surface area contributed by atoms with Crippen LogP contribution in [0.15, 0.2) is 54.6 Å². The van der Waals surface area contributed by atoms with Crippen molar-refractivity contribution in [1.29, 1.82) is 0 Å². The van der Waals surface area contributed by atoms with Gasteiger partial charge in [0, 0.05) is 12.0 Å².